The van der Waals surface area contributed by atoms with E-state index in [1.54, 1.807) is 0 Å². The zero-order valence-electron chi connectivity index (χ0n) is 8.92. The van der Waals surface area contributed by atoms with Crippen molar-refractivity contribution in [1.29, 1.82) is 0 Å². The third-order valence-electron chi connectivity index (χ3n) is 3.27. The third-order valence-corrected chi connectivity index (χ3v) is 3.27. The van der Waals surface area contributed by atoms with Crippen molar-refractivity contribution in [2.45, 2.75) is 0 Å². The molecule has 0 saturated carbocycles. The Morgan fingerprint density at radius 2 is 1.65 bits per heavy atom. The van der Waals surface area contributed by atoms with Gasteiger partial charge in [-0.2, -0.15) is 0 Å². The third kappa shape index (κ3) is 1.00. The molecule has 0 atom stereocenters. The van der Waals surface area contributed by atoms with Gasteiger partial charge in [0.1, 0.15) is 0 Å². The Morgan fingerprint density at radius 3 is 2.47 bits per heavy atom. The first-order valence-corrected chi connectivity index (χ1v) is 5.46. The minimum Gasteiger partial charge on any atom is -0.0610 e. The van der Waals surface area contributed by atoms with Gasteiger partial charge in [-0.05, 0) is 40.0 Å². The molecule has 0 N–H and O–H groups in total. The second-order valence-electron chi connectivity index (χ2n) is 4.19. The van der Waals surface area contributed by atoms with Crippen LogP contribution < -0.4 is 4.73 Å². The number of hydrogen-bond acceptors (Lipinski definition) is 1. The minimum atomic E-state index is 0.680. The monoisotopic (exact) mass is 220 g/mol. The average Bonchev–Trinajstić information content (AvgIpc) is 2.38. The summed E-state index contributed by atoms with van der Waals surface area (Å²) in [5.41, 5.74) is 1.55. The van der Waals surface area contributed by atoms with E-state index in [0.717, 1.165) is 31.8 Å². The van der Waals surface area contributed by atoms with Gasteiger partial charge in [0.15, 0.2) is 11.0 Å². The first-order chi connectivity index (χ1) is 8.34. The van der Waals surface area contributed by atoms with Gasteiger partial charge < -0.3 is 0 Å². The van der Waals surface area contributed by atoms with E-state index in [1.165, 1.54) is 6.33 Å². The van der Waals surface area contributed by atoms with Crippen molar-refractivity contribution in [2.75, 3.05) is 0 Å². The average molecular weight is 220 g/mol. The summed E-state index contributed by atoms with van der Waals surface area (Å²) in [6, 6.07) is 14.0. The van der Waals surface area contributed by atoms with E-state index in [-0.39, 0.29) is 0 Å². The zero-order valence-corrected chi connectivity index (χ0v) is 8.92. The predicted octanol–water partition coefficient (Wildman–Crippen LogP) is 2.46. The highest BCUT2D eigenvalue weighted by molar-refractivity contribution is 6.20. The maximum Gasteiger partial charge on any atom is 0.331 e. The first kappa shape index (κ1) is 8.70. The van der Waals surface area contributed by atoms with Gasteiger partial charge >= 0.3 is 6.33 Å². The summed E-state index contributed by atoms with van der Waals surface area (Å²) in [7, 11) is 0. The van der Waals surface area contributed by atoms with Gasteiger partial charge in [0, 0.05) is 10.1 Å². The molecule has 0 fully saturated rings. The van der Waals surface area contributed by atoms with Crippen molar-refractivity contribution in [3.8, 4) is 0 Å². The second-order valence-corrected chi connectivity index (χ2v) is 4.19. The molecule has 0 aliphatic heterocycles. The second kappa shape index (κ2) is 2.83. The molecule has 3 aromatic carbocycles. The van der Waals surface area contributed by atoms with Gasteiger partial charge in [0.05, 0.1) is 5.39 Å². The van der Waals surface area contributed by atoms with Crippen LogP contribution in [0.1, 0.15) is 0 Å². The summed E-state index contributed by atoms with van der Waals surface area (Å²) >= 11 is 0. The van der Waals surface area contributed by atoms with Crippen molar-refractivity contribution >= 4 is 32.6 Å². The van der Waals surface area contributed by atoms with E-state index < -0.39 is 0 Å². The fourth-order valence-corrected chi connectivity index (χ4v) is 2.51. The summed E-state index contributed by atoms with van der Waals surface area (Å²) < 4.78 is 0.828. The fourth-order valence-electron chi connectivity index (χ4n) is 2.51. The highest BCUT2D eigenvalue weighted by Gasteiger charge is 2.16. The van der Waals surface area contributed by atoms with Crippen LogP contribution in [0.3, 0.4) is 0 Å². The molecule has 0 bridgehead atoms. The van der Waals surface area contributed by atoms with Crippen LogP contribution in [0, 0.1) is 0 Å². The summed E-state index contributed by atoms with van der Waals surface area (Å²) in [6.45, 7) is 0. The molecule has 3 nitrogen and oxygen atoms in total. The zero-order chi connectivity index (χ0) is 11.4. The maximum atomic E-state index is 11.7. The molecule has 3 heteroatoms. The molecule has 0 amide bonds. The SMILES string of the molecule is [O][n+]1cnc2ccc3cccc4ccc1c2c34. The van der Waals surface area contributed by atoms with Crippen LogP contribution in [0.4, 0.5) is 0 Å². The van der Waals surface area contributed by atoms with Gasteiger partial charge in [-0.25, -0.2) is 0 Å². The normalized spacial score (nSPS) is 11.8. The van der Waals surface area contributed by atoms with Crippen LogP contribution in [0.2, 0.25) is 0 Å². The van der Waals surface area contributed by atoms with Crippen molar-refractivity contribution in [3.63, 3.8) is 0 Å². The number of hydrogen-bond donors (Lipinski definition) is 0. The lowest BCUT2D eigenvalue weighted by Gasteiger charge is -2.05. The largest absolute Gasteiger partial charge is 0.331 e. The Balaban J connectivity index is 2.48. The van der Waals surface area contributed by atoms with Crippen molar-refractivity contribution in [1.82, 2.24) is 4.98 Å². The number of rotatable bonds is 0. The molecule has 0 aliphatic rings. The lowest BCUT2D eigenvalue weighted by molar-refractivity contribution is -0.921. The molecule has 0 saturated heterocycles. The van der Waals surface area contributed by atoms with E-state index in [2.05, 4.69) is 17.1 Å². The quantitative estimate of drug-likeness (QED) is 0.331. The molecule has 1 radical (unpaired) electrons. The van der Waals surface area contributed by atoms with Crippen LogP contribution in [-0.2, 0) is 5.21 Å². The lowest BCUT2D eigenvalue weighted by atomic mass is 9.99. The molecule has 17 heavy (non-hydrogen) atoms. The molecule has 4 aromatic rings. The van der Waals surface area contributed by atoms with Crippen LogP contribution in [-0.4, -0.2) is 4.98 Å². The van der Waals surface area contributed by atoms with Crippen LogP contribution >= 0.6 is 0 Å². The molecular formula is C14H8N2O+. The summed E-state index contributed by atoms with van der Waals surface area (Å²) in [4.78, 5) is 4.18. The predicted molar refractivity (Wildman–Crippen MR) is 64.2 cm³/mol. The van der Waals surface area contributed by atoms with Crippen molar-refractivity contribution < 1.29 is 9.94 Å². The van der Waals surface area contributed by atoms with Gasteiger partial charge in [-0.1, -0.05) is 23.4 Å². The molecule has 79 valence electrons. The Kier molecular flexibility index (Phi) is 1.45. The van der Waals surface area contributed by atoms with Crippen molar-refractivity contribution in [3.05, 3.63) is 48.8 Å². The van der Waals surface area contributed by atoms with Gasteiger partial charge in [0.25, 0.3) is 0 Å². The standard InChI is InChI=1S/C14H8N2O/c17-16-8-15-11-6-4-9-2-1-3-10-5-7-12(16)14(11)13(9)10/h1-8H/q+1. The Morgan fingerprint density at radius 1 is 0.882 bits per heavy atom. The number of aromatic nitrogens is 2. The molecule has 1 aromatic heterocycles. The first-order valence-electron chi connectivity index (χ1n) is 5.46. The highest BCUT2D eigenvalue weighted by atomic mass is 16.5. The Labute approximate surface area is 96.9 Å². The van der Waals surface area contributed by atoms with Gasteiger partial charge in [0.2, 0.25) is 0 Å². The highest BCUT2D eigenvalue weighted by Crippen LogP contribution is 2.31. The van der Waals surface area contributed by atoms with E-state index in [4.69, 9.17) is 0 Å². The van der Waals surface area contributed by atoms with E-state index >= 15 is 0 Å². The molecule has 4 rings (SSSR count). The van der Waals surface area contributed by atoms with Gasteiger partial charge in [-0.15, -0.1) is 0 Å². The van der Waals surface area contributed by atoms with E-state index in [9.17, 15) is 5.21 Å². The molecular weight excluding hydrogens is 212 g/mol. The van der Waals surface area contributed by atoms with Crippen LogP contribution in [0.25, 0.3) is 32.6 Å². The smallest absolute Gasteiger partial charge is 0.0610 e. The maximum absolute atomic E-state index is 11.7. The molecule has 1 heterocycles. The van der Waals surface area contributed by atoms with E-state index in [1.807, 2.05) is 30.3 Å². The Bertz CT molecular complexity index is 839. The lowest BCUT2D eigenvalue weighted by Crippen LogP contribution is -2.28. The van der Waals surface area contributed by atoms with Crippen molar-refractivity contribution in [2.24, 2.45) is 0 Å². The summed E-state index contributed by atoms with van der Waals surface area (Å²) in [5, 5.41) is 16.1. The molecule has 0 unspecified atom stereocenters. The molecule has 0 spiro atoms. The fraction of sp³-hybridized carbons (Fsp3) is 0. The number of benzene rings is 3. The van der Waals surface area contributed by atoms with E-state index in [0.29, 0.717) is 5.52 Å². The minimum absolute atomic E-state index is 0.680. The molecule has 0 aliphatic carbocycles. The van der Waals surface area contributed by atoms with Crippen LogP contribution in [0.5, 0.6) is 0 Å². The summed E-state index contributed by atoms with van der Waals surface area (Å²) in [5.74, 6) is 0. The number of nitrogens with zero attached hydrogens (tertiary/aromatic N) is 2. The summed E-state index contributed by atoms with van der Waals surface area (Å²) in [6.07, 6.45) is 1.32. The van der Waals surface area contributed by atoms with Gasteiger partial charge in [-0.3, -0.25) is 0 Å². The Hall–Kier alpha value is -2.42. The topological polar surface area (TPSA) is 36.7 Å². The van der Waals surface area contributed by atoms with Crippen LogP contribution in [0.15, 0.2) is 48.8 Å².